The van der Waals surface area contributed by atoms with E-state index in [-0.39, 0.29) is 202 Å². The van der Waals surface area contributed by atoms with Crippen molar-refractivity contribution in [1.82, 2.24) is 0 Å². The molecule has 0 spiro atoms. The van der Waals surface area contributed by atoms with Crippen LogP contribution in [0.1, 0.15) is 2.85 Å². The van der Waals surface area contributed by atoms with E-state index < -0.39 is 0 Å². The summed E-state index contributed by atoms with van der Waals surface area (Å²) in [5.74, 6) is 0. The van der Waals surface area contributed by atoms with Crippen molar-refractivity contribution in [1.29, 1.82) is 0 Å². The van der Waals surface area contributed by atoms with Gasteiger partial charge in [-0.3, -0.25) is 0 Å². The van der Waals surface area contributed by atoms with Gasteiger partial charge in [0.25, 0.3) is 0 Å². The van der Waals surface area contributed by atoms with E-state index in [1.54, 1.807) is 0 Å². The van der Waals surface area contributed by atoms with Crippen molar-refractivity contribution in [2.24, 2.45) is 0 Å². The molecule has 85 valence electrons. The van der Waals surface area contributed by atoms with Crippen molar-refractivity contribution in [3.8, 4) is 0 Å². The van der Waals surface area contributed by atoms with Crippen LogP contribution in [0, 0.1) is 0 Å². The van der Waals surface area contributed by atoms with E-state index in [4.69, 9.17) is 0 Å². The smallest absolute Gasteiger partial charge is 1.00 e. The molecule has 0 fully saturated rings. The molecule has 14 N–H and O–H groups in total. The van der Waals surface area contributed by atoms with Crippen LogP contribution in [0.4, 0.5) is 0 Å². The van der Waals surface area contributed by atoms with Crippen molar-refractivity contribution >= 4 is 0 Å². The molecule has 0 aliphatic rings. The van der Waals surface area contributed by atoms with E-state index in [9.17, 15) is 0 Å². The largest absolute Gasteiger partial charge is 1.00 e. The molecule has 12 heteroatoms. The Morgan fingerprint density at radius 2 is 0.417 bits per heavy atom. The summed E-state index contributed by atoms with van der Waals surface area (Å²) in [6, 6.07) is 0. The Hall–Kier alpha value is 4.86. The third-order valence-electron chi connectivity index (χ3n) is 0. The quantitative estimate of drug-likeness (QED) is 0.277. The minimum absolute atomic E-state index is 0. The summed E-state index contributed by atoms with van der Waals surface area (Å²) in [5, 5.41) is 0. The molecule has 7 nitrogen and oxygen atoms in total. The van der Waals surface area contributed by atoms with Gasteiger partial charge in [-0.15, -0.1) is 0 Å². The maximum atomic E-state index is 0. The molecule has 0 aromatic carbocycles. The predicted molar refractivity (Wildman–Crippen MR) is 27.5 cm³/mol. The summed E-state index contributed by atoms with van der Waals surface area (Å²) >= 11 is 0. The zero-order chi connectivity index (χ0) is 0. The zero-order valence-electron chi connectivity index (χ0n) is 8.54. The Morgan fingerprint density at radius 1 is 0.417 bits per heavy atom. The fourth-order valence-electron chi connectivity index (χ4n) is 0. The summed E-state index contributed by atoms with van der Waals surface area (Å²) in [4.78, 5) is 0. The summed E-state index contributed by atoms with van der Waals surface area (Å²) in [5.41, 5.74) is 0. The van der Waals surface area contributed by atoms with Crippen molar-refractivity contribution in [2.45, 2.75) is 0 Å². The average molecular weight is 511 g/mol. The topological polar surface area (TPSA) is 220 Å². The van der Waals surface area contributed by atoms with Crippen LogP contribution in [0.15, 0.2) is 0 Å². The third kappa shape index (κ3) is 121. The van der Waals surface area contributed by atoms with Gasteiger partial charge in [0.2, 0.25) is 0 Å². The van der Waals surface area contributed by atoms with E-state index >= 15 is 0 Å². The Bertz CT molecular complexity index is 27.7. The van der Waals surface area contributed by atoms with Crippen LogP contribution in [0.25, 0.3) is 0 Å². The molecular weight excluding hydrogens is 495 g/mol. The first kappa shape index (κ1) is 179. The maximum Gasteiger partial charge on any atom is 1.00 e. The first-order valence-corrected chi connectivity index (χ1v) is 0. The number of hydrogen-bond donors (Lipinski definition) is 0. The number of rotatable bonds is 0. The second-order valence-electron chi connectivity index (χ2n) is 0. The van der Waals surface area contributed by atoms with Crippen LogP contribution < -0.4 is 103 Å². The standard InChI is InChI=1S/2K.7H2O.Rh.2Ru.2H/h;;7*1H2;;;;;/q2*+1;;;;;;;;;;;2*-1. The Kier molecular flexibility index (Phi) is 2220. The van der Waals surface area contributed by atoms with Gasteiger partial charge in [-0.05, 0) is 0 Å². The van der Waals surface area contributed by atoms with Crippen molar-refractivity contribution in [3.05, 3.63) is 0 Å². The predicted octanol–water partition coefficient (Wildman–Crippen LogP) is -11.5. The second kappa shape index (κ2) is 148. The molecule has 1 radical (unpaired) electrons. The molecular formula is H16K2O7RhRu2. The van der Waals surface area contributed by atoms with Gasteiger partial charge in [0.05, 0.1) is 0 Å². The maximum absolute atomic E-state index is 0. The van der Waals surface area contributed by atoms with Gasteiger partial charge in [0.15, 0.2) is 0 Å². The van der Waals surface area contributed by atoms with E-state index in [0.29, 0.717) is 0 Å². The van der Waals surface area contributed by atoms with Gasteiger partial charge in [0.1, 0.15) is 0 Å². The van der Waals surface area contributed by atoms with Crippen molar-refractivity contribution in [2.75, 3.05) is 0 Å². The average Bonchev–Trinajstić information content (AvgIpc) is 0. The number of hydrogen-bond acceptors (Lipinski definition) is 0. The third-order valence-corrected chi connectivity index (χ3v) is 0. The molecule has 0 aromatic heterocycles. The van der Waals surface area contributed by atoms with Crippen molar-refractivity contribution < 1.29 is 202 Å². The molecule has 0 bridgehead atoms. The minimum atomic E-state index is 0. The van der Waals surface area contributed by atoms with Gasteiger partial charge in [0, 0.05) is 58.4 Å². The van der Waals surface area contributed by atoms with E-state index in [1.807, 2.05) is 0 Å². The van der Waals surface area contributed by atoms with E-state index in [1.165, 1.54) is 0 Å². The summed E-state index contributed by atoms with van der Waals surface area (Å²) in [6.07, 6.45) is 0. The monoisotopic (exact) mass is 513 g/mol. The van der Waals surface area contributed by atoms with Crippen LogP contribution in [-0.2, 0) is 58.4 Å². The molecule has 0 heterocycles. The fourth-order valence-corrected chi connectivity index (χ4v) is 0. The second-order valence-corrected chi connectivity index (χ2v) is 0. The first-order chi connectivity index (χ1) is 0. The summed E-state index contributed by atoms with van der Waals surface area (Å²) < 4.78 is 0. The molecule has 0 aliphatic heterocycles. The first-order valence-electron chi connectivity index (χ1n) is 0. The molecule has 0 saturated heterocycles. The Morgan fingerprint density at radius 3 is 0.417 bits per heavy atom. The molecule has 0 unspecified atom stereocenters. The normalized spacial score (nSPS) is 0. The SMILES string of the molecule is O.O.O.O.O.O.O.[H-].[H-].[K+].[K+].[Rh].[Ru].[Ru]. The van der Waals surface area contributed by atoms with Gasteiger partial charge in [-0.1, -0.05) is 0 Å². The molecule has 0 aromatic rings. The zero-order valence-corrected chi connectivity index (χ0v) is 17.9. The fraction of sp³-hybridized carbons (Fsp3) is 0. The summed E-state index contributed by atoms with van der Waals surface area (Å²) in [6.45, 7) is 0. The molecule has 0 saturated carbocycles. The van der Waals surface area contributed by atoms with Gasteiger partial charge in [-0.25, -0.2) is 0 Å². The summed E-state index contributed by atoms with van der Waals surface area (Å²) in [7, 11) is 0. The Balaban J connectivity index is 0. The molecule has 0 amide bonds. The van der Waals surface area contributed by atoms with Crippen molar-refractivity contribution in [3.63, 3.8) is 0 Å². The molecule has 0 atom stereocenters. The van der Waals surface area contributed by atoms with Gasteiger partial charge < -0.3 is 41.2 Å². The van der Waals surface area contributed by atoms with Crippen LogP contribution >= 0.6 is 0 Å². The van der Waals surface area contributed by atoms with Gasteiger partial charge in [-0.2, -0.15) is 0 Å². The molecule has 0 rings (SSSR count). The van der Waals surface area contributed by atoms with Crippen LogP contribution in [0.3, 0.4) is 0 Å². The van der Waals surface area contributed by atoms with E-state index in [2.05, 4.69) is 0 Å². The molecule has 0 aliphatic carbocycles. The minimum Gasteiger partial charge on any atom is -1.00 e. The van der Waals surface area contributed by atoms with Crippen LogP contribution in [0.2, 0.25) is 0 Å². The van der Waals surface area contributed by atoms with Crippen LogP contribution in [-0.4, -0.2) is 38.3 Å². The van der Waals surface area contributed by atoms with Gasteiger partial charge >= 0.3 is 103 Å². The molecule has 12 heavy (non-hydrogen) atoms. The van der Waals surface area contributed by atoms with Crippen LogP contribution in [0.5, 0.6) is 0 Å². The Labute approximate surface area is 197 Å². The van der Waals surface area contributed by atoms with E-state index in [0.717, 1.165) is 0 Å².